The zero-order chi connectivity index (χ0) is 23.2. The van der Waals surface area contributed by atoms with Crippen molar-refractivity contribution in [2.24, 2.45) is 0 Å². The number of aliphatic hydroxyl groups excluding tert-OH is 1. The summed E-state index contributed by atoms with van der Waals surface area (Å²) in [5.74, 6) is -4.29. The number of rotatable bonds is 3. The number of benzene rings is 3. The van der Waals surface area contributed by atoms with E-state index in [2.05, 4.69) is 0 Å². The molecular weight excluding hydrogens is 424 g/mol. The maximum atomic E-state index is 12.5. The normalized spacial score (nSPS) is 17.3. The van der Waals surface area contributed by atoms with Crippen molar-refractivity contribution in [1.82, 2.24) is 0 Å². The van der Waals surface area contributed by atoms with Crippen molar-refractivity contribution in [3.8, 4) is 46.0 Å². The fourth-order valence-electron chi connectivity index (χ4n) is 3.42. The molecule has 3 aromatic carbocycles. The van der Waals surface area contributed by atoms with Gasteiger partial charge in [0.2, 0.25) is 0 Å². The van der Waals surface area contributed by atoms with Crippen molar-refractivity contribution < 1.29 is 50.0 Å². The van der Waals surface area contributed by atoms with Crippen molar-refractivity contribution in [1.29, 1.82) is 0 Å². The molecule has 0 fully saturated rings. The van der Waals surface area contributed by atoms with Gasteiger partial charge < -0.3 is 45.2 Å². The maximum absolute atomic E-state index is 12.5. The van der Waals surface area contributed by atoms with Gasteiger partial charge in [-0.05, 0) is 29.8 Å². The summed E-state index contributed by atoms with van der Waals surface area (Å²) in [5.41, 5.74) is 0.370. The molecule has 166 valence electrons. The highest BCUT2D eigenvalue weighted by Crippen LogP contribution is 2.44. The summed E-state index contributed by atoms with van der Waals surface area (Å²) in [4.78, 5) is 12.5. The Bertz CT molecular complexity index is 1200. The molecule has 1 aliphatic rings. The number of esters is 1. The van der Waals surface area contributed by atoms with Crippen LogP contribution in [0.15, 0.2) is 42.5 Å². The van der Waals surface area contributed by atoms with E-state index in [4.69, 9.17) is 9.47 Å². The average Bonchev–Trinajstić information content (AvgIpc) is 2.73. The van der Waals surface area contributed by atoms with Gasteiger partial charge in [0.05, 0.1) is 11.7 Å². The molecule has 2 atom stereocenters. The average molecular weight is 442 g/mol. The summed E-state index contributed by atoms with van der Waals surface area (Å²) < 4.78 is 11.1. The topological polar surface area (TPSA) is 177 Å². The highest BCUT2D eigenvalue weighted by Gasteiger charge is 2.33. The van der Waals surface area contributed by atoms with Crippen LogP contribution in [0.3, 0.4) is 0 Å². The number of phenolic OH excluding ortho intramolecular Hbond substituents is 6. The third-order valence-electron chi connectivity index (χ3n) is 5.01. The van der Waals surface area contributed by atoms with Crippen LogP contribution in [0.5, 0.6) is 46.0 Å². The van der Waals surface area contributed by atoms with Gasteiger partial charge in [-0.25, -0.2) is 4.79 Å². The fourth-order valence-corrected chi connectivity index (χ4v) is 3.42. The van der Waals surface area contributed by atoms with E-state index in [0.717, 1.165) is 18.2 Å². The van der Waals surface area contributed by atoms with Gasteiger partial charge in [0.25, 0.3) is 0 Å². The molecule has 1 heterocycles. The standard InChI is InChI=1S/C22H18O10/c23-11-6-18-12(8-17(28)21(31-18)9-1-2-13(24)14(25)3-9)19(7-11)32-22(30)10-4-15(26)20(29)16(27)5-10/h1-7,17,21,23-29H,8H2/t17-,21+/m1/s1. The Morgan fingerprint density at radius 2 is 1.56 bits per heavy atom. The van der Waals surface area contributed by atoms with E-state index >= 15 is 0 Å². The molecule has 0 aromatic heterocycles. The van der Waals surface area contributed by atoms with E-state index in [0.29, 0.717) is 5.56 Å². The predicted molar refractivity (Wildman–Crippen MR) is 107 cm³/mol. The van der Waals surface area contributed by atoms with Crippen LogP contribution in [0, 0.1) is 0 Å². The van der Waals surface area contributed by atoms with Gasteiger partial charge in [-0.1, -0.05) is 6.07 Å². The Hall–Kier alpha value is -4.31. The van der Waals surface area contributed by atoms with E-state index in [9.17, 15) is 40.5 Å². The summed E-state index contributed by atoms with van der Waals surface area (Å²) >= 11 is 0. The lowest BCUT2D eigenvalue weighted by atomic mass is 9.94. The van der Waals surface area contributed by atoms with Crippen LogP contribution in [0.1, 0.15) is 27.6 Å². The SMILES string of the molecule is O=C(Oc1cc(O)cc2c1C[C@@H](O)[C@H](c1ccc(O)c(O)c1)O2)c1cc(O)c(O)c(O)c1. The van der Waals surface area contributed by atoms with E-state index in [1.54, 1.807) is 0 Å². The van der Waals surface area contributed by atoms with E-state index in [1.165, 1.54) is 24.3 Å². The number of carbonyl (C=O) groups excluding carboxylic acids is 1. The second-order valence-corrected chi connectivity index (χ2v) is 7.23. The highest BCUT2D eigenvalue weighted by atomic mass is 16.5. The third kappa shape index (κ3) is 3.74. The smallest absolute Gasteiger partial charge is 0.343 e. The first kappa shape index (κ1) is 20.9. The molecule has 0 saturated carbocycles. The zero-order valence-electron chi connectivity index (χ0n) is 16.3. The van der Waals surface area contributed by atoms with E-state index in [-0.39, 0.29) is 40.5 Å². The number of aliphatic hydroxyl groups is 1. The summed E-state index contributed by atoms with van der Waals surface area (Å²) in [6, 6.07) is 8.14. The number of hydrogen-bond acceptors (Lipinski definition) is 10. The Kier molecular flexibility index (Phi) is 5.07. The molecule has 0 unspecified atom stereocenters. The van der Waals surface area contributed by atoms with Gasteiger partial charge in [0.15, 0.2) is 28.7 Å². The third-order valence-corrected chi connectivity index (χ3v) is 5.01. The molecule has 7 N–H and O–H groups in total. The molecule has 10 heteroatoms. The van der Waals surface area contributed by atoms with Crippen LogP contribution in [0.25, 0.3) is 0 Å². The Labute approximate surface area is 180 Å². The molecule has 3 aromatic rings. The molecule has 1 aliphatic heterocycles. The molecule has 0 amide bonds. The molecule has 0 saturated heterocycles. The van der Waals surface area contributed by atoms with Crippen molar-refractivity contribution in [3.05, 3.63) is 59.2 Å². The maximum Gasteiger partial charge on any atom is 0.343 e. The lowest BCUT2D eigenvalue weighted by Gasteiger charge is -2.32. The van der Waals surface area contributed by atoms with Gasteiger partial charge >= 0.3 is 5.97 Å². The predicted octanol–water partition coefficient (Wildman–Crippen LogP) is 2.18. The number of aromatic hydroxyl groups is 6. The summed E-state index contributed by atoms with van der Waals surface area (Å²) in [7, 11) is 0. The molecule has 4 rings (SSSR count). The second kappa shape index (κ2) is 7.75. The molecule has 10 nitrogen and oxygen atoms in total. The molecule has 0 aliphatic carbocycles. The largest absolute Gasteiger partial charge is 0.508 e. The lowest BCUT2D eigenvalue weighted by molar-refractivity contribution is 0.0194. The van der Waals surface area contributed by atoms with Gasteiger partial charge in [-0.2, -0.15) is 0 Å². The van der Waals surface area contributed by atoms with Crippen LogP contribution in [-0.2, 0) is 6.42 Å². The van der Waals surface area contributed by atoms with Gasteiger partial charge in [0.1, 0.15) is 23.4 Å². The zero-order valence-corrected chi connectivity index (χ0v) is 16.3. The summed E-state index contributed by atoms with van der Waals surface area (Å²) in [6.07, 6.45) is -2.11. The van der Waals surface area contributed by atoms with E-state index in [1.807, 2.05) is 0 Å². The molecule has 0 spiro atoms. The molecule has 0 radical (unpaired) electrons. The number of phenols is 6. The number of carbonyl (C=O) groups is 1. The summed E-state index contributed by atoms with van der Waals surface area (Å²) in [6.45, 7) is 0. The highest BCUT2D eigenvalue weighted by molar-refractivity contribution is 5.93. The first-order valence-corrected chi connectivity index (χ1v) is 9.33. The quantitative estimate of drug-likeness (QED) is 0.181. The second-order valence-electron chi connectivity index (χ2n) is 7.23. The molecule has 32 heavy (non-hydrogen) atoms. The fraction of sp³-hybridized carbons (Fsp3) is 0.136. The Morgan fingerprint density at radius 3 is 2.22 bits per heavy atom. The number of hydrogen-bond donors (Lipinski definition) is 7. The van der Waals surface area contributed by atoms with Crippen molar-refractivity contribution in [2.45, 2.75) is 18.6 Å². The van der Waals surface area contributed by atoms with Crippen LogP contribution >= 0.6 is 0 Å². The first-order chi connectivity index (χ1) is 15.1. The van der Waals surface area contributed by atoms with Crippen LogP contribution in [0.2, 0.25) is 0 Å². The minimum Gasteiger partial charge on any atom is -0.508 e. The molecule has 0 bridgehead atoms. The Morgan fingerprint density at radius 1 is 0.875 bits per heavy atom. The summed E-state index contributed by atoms with van der Waals surface area (Å²) in [5, 5.41) is 68.5. The van der Waals surface area contributed by atoms with Gasteiger partial charge in [-0.3, -0.25) is 0 Å². The van der Waals surface area contributed by atoms with Crippen molar-refractivity contribution in [3.63, 3.8) is 0 Å². The minimum atomic E-state index is -1.13. The van der Waals surface area contributed by atoms with Crippen LogP contribution in [0.4, 0.5) is 0 Å². The van der Waals surface area contributed by atoms with E-state index < -0.39 is 41.2 Å². The van der Waals surface area contributed by atoms with Gasteiger partial charge in [-0.15, -0.1) is 0 Å². The van der Waals surface area contributed by atoms with Crippen molar-refractivity contribution >= 4 is 5.97 Å². The van der Waals surface area contributed by atoms with Crippen LogP contribution < -0.4 is 9.47 Å². The van der Waals surface area contributed by atoms with Crippen molar-refractivity contribution in [2.75, 3.05) is 0 Å². The Balaban J connectivity index is 1.65. The number of ether oxygens (including phenoxy) is 2. The van der Waals surface area contributed by atoms with Gasteiger partial charge in [0, 0.05) is 24.1 Å². The molecular formula is C22H18O10. The van der Waals surface area contributed by atoms with Crippen LogP contribution in [-0.4, -0.2) is 47.8 Å². The lowest BCUT2D eigenvalue weighted by Crippen LogP contribution is -2.30. The monoisotopic (exact) mass is 442 g/mol. The minimum absolute atomic E-state index is 0.0450. The number of fused-ring (bicyclic) bond motifs is 1. The first-order valence-electron chi connectivity index (χ1n) is 9.33.